The summed E-state index contributed by atoms with van der Waals surface area (Å²) in [6.07, 6.45) is -8.54. The van der Waals surface area contributed by atoms with Crippen LogP contribution in [0.25, 0.3) is 21.8 Å². The van der Waals surface area contributed by atoms with Gasteiger partial charge in [0, 0.05) is 22.8 Å². The Balaban J connectivity index is 1.89. The van der Waals surface area contributed by atoms with Gasteiger partial charge in [-0.1, -0.05) is 24.3 Å². The molecule has 0 atom stereocenters. The smallest absolute Gasteiger partial charge is 0.416 e. The van der Waals surface area contributed by atoms with Gasteiger partial charge < -0.3 is 9.30 Å². The number of fused-ring (bicyclic) bond motifs is 3. The maximum absolute atomic E-state index is 13.6. The molecule has 2 aromatic heterocycles. The molecule has 0 aliphatic rings. The molecule has 10 heteroatoms. The summed E-state index contributed by atoms with van der Waals surface area (Å²) in [6, 6.07) is 9.92. The fourth-order valence-corrected chi connectivity index (χ4v) is 3.76. The van der Waals surface area contributed by atoms with Crippen molar-refractivity contribution in [2.45, 2.75) is 25.8 Å². The molecule has 4 nitrogen and oxygen atoms in total. The maximum Gasteiger partial charge on any atom is 0.416 e. The molecule has 0 saturated carbocycles. The average Bonchev–Trinajstić information content (AvgIpc) is 3.06. The molecule has 0 bridgehead atoms. The highest BCUT2D eigenvalue weighted by Gasteiger charge is 2.38. The molecule has 4 aromatic rings. The average molecular weight is 466 g/mol. The van der Waals surface area contributed by atoms with Crippen LogP contribution in [-0.2, 0) is 23.6 Å². The number of hydrogen-bond acceptors (Lipinski definition) is 3. The first kappa shape index (κ1) is 22.6. The number of benzene rings is 2. The van der Waals surface area contributed by atoms with Gasteiger partial charge in [0.1, 0.15) is 5.69 Å². The summed E-state index contributed by atoms with van der Waals surface area (Å²) in [5, 5.41) is 1.21. The summed E-state index contributed by atoms with van der Waals surface area (Å²) in [5.41, 5.74) is -2.05. The monoisotopic (exact) mass is 466 g/mol. The van der Waals surface area contributed by atoms with Crippen molar-refractivity contribution in [2.24, 2.45) is 0 Å². The van der Waals surface area contributed by atoms with Gasteiger partial charge in [-0.15, -0.1) is 0 Å². The second kappa shape index (κ2) is 8.09. The van der Waals surface area contributed by atoms with Crippen LogP contribution in [0.15, 0.2) is 54.7 Å². The lowest BCUT2D eigenvalue weighted by Gasteiger charge is -2.17. The second-order valence-electron chi connectivity index (χ2n) is 7.28. The molecule has 2 heterocycles. The van der Waals surface area contributed by atoms with Gasteiger partial charge in [0.25, 0.3) is 0 Å². The molecular weight excluding hydrogens is 450 g/mol. The lowest BCUT2D eigenvalue weighted by Crippen LogP contribution is -2.15. The van der Waals surface area contributed by atoms with E-state index >= 15 is 0 Å². The van der Waals surface area contributed by atoms with E-state index in [2.05, 4.69) is 4.98 Å². The predicted molar refractivity (Wildman–Crippen MR) is 109 cm³/mol. The summed E-state index contributed by atoms with van der Waals surface area (Å²) in [5.74, 6) is -0.640. The second-order valence-corrected chi connectivity index (χ2v) is 7.28. The topological polar surface area (TPSA) is 44.1 Å². The predicted octanol–water partition coefficient (Wildman–Crippen LogP) is 6.45. The van der Waals surface area contributed by atoms with Crippen LogP contribution in [0, 0.1) is 0 Å². The van der Waals surface area contributed by atoms with E-state index in [1.54, 1.807) is 31.2 Å². The van der Waals surface area contributed by atoms with Crippen LogP contribution < -0.4 is 0 Å². The van der Waals surface area contributed by atoms with Gasteiger partial charge in [-0.05, 0) is 36.8 Å². The van der Waals surface area contributed by atoms with Crippen molar-refractivity contribution in [3.63, 3.8) is 0 Å². The van der Waals surface area contributed by atoms with Gasteiger partial charge in [0.05, 0.1) is 29.4 Å². The third-order valence-corrected chi connectivity index (χ3v) is 5.21. The molecule has 172 valence electrons. The van der Waals surface area contributed by atoms with E-state index in [0.29, 0.717) is 27.9 Å². The largest absolute Gasteiger partial charge is 0.461 e. The Morgan fingerprint density at radius 2 is 1.67 bits per heavy atom. The fraction of sp³-hybridized carbons (Fsp3) is 0.217. The van der Waals surface area contributed by atoms with Crippen molar-refractivity contribution < 1.29 is 35.9 Å². The Kier molecular flexibility index (Phi) is 5.55. The lowest BCUT2D eigenvalue weighted by atomic mass is 10.0. The normalized spacial score (nSPS) is 12.5. The van der Waals surface area contributed by atoms with Crippen molar-refractivity contribution in [2.75, 3.05) is 6.61 Å². The number of para-hydroxylation sites is 1. The zero-order valence-corrected chi connectivity index (χ0v) is 17.1. The van der Waals surface area contributed by atoms with Crippen LogP contribution in [-0.4, -0.2) is 22.1 Å². The minimum atomic E-state index is -4.98. The third-order valence-electron chi connectivity index (χ3n) is 5.21. The third kappa shape index (κ3) is 4.24. The number of esters is 1. The molecule has 0 saturated heterocycles. The van der Waals surface area contributed by atoms with E-state index in [0.717, 1.165) is 6.07 Å². The molecule has 0 amide bonds. The number of halogens is 6. The molecular formula is C23H16F6N2O2. The summed E-state index contributed by atoms with van der Waals surface area (Å²) in [4.78, 5) is 16.2. The van der Waals surface area contributed by atoms with Crippen LogP contribution in [0.5, 0.6) is 0 Å². The van der Waals surface area contributed by atoms with Gasteiger partial charge in [0.15, 0.2) is 0 Å². The van der Waals surface area contributed by atoms with Crippen molar-refractivity contribution >= 4 is 27.8 Å². The van der Waals surface area contributed by atoms with Gasteiger partial charge in [-0.3, -0.25) is 0 Å². The number of pyridine rings is 1. The van der Waals surface area contributed by atoms with Crippen LogP contribution in [0.1, 0.15) is 34.1 Å². The number of rotatable bonds is 4. The van der Waals surface area contributed by atoms with Crippen molar-refractivity contribution in [3.05, 3.63) is 77.1 Å². The van der Waals surface area contributed by atoms with E-state index in [1.165, 1.54) is 16.8 Å². The molecule has 33 heavy (non-hydrogen) atoms. The first-order valence-corrected chi connectivity index (χ1v) is 9.82. The standard InChI is InChI=1S/C23H16F6N2O2/c1-2-33-21(32)18-10-16-15-5-3-4-6-19(15)31(20(16)11-30-18)12-13-7-8-14(22(24,25)26)9-17(13)23(27,28)29/h3-11H,2,12H2,1H3. The minimum absolute atomic E-state index is 0.0396. The summed E-state index contributed by atoms with van der Waals surface area (Å²) >= 11 is 0. The molecule has 0 radical (unpaired) electrons. The Labute approximate surface area is 183 Å². The first-order chi connectivity index (χ1) is 15.5. The molecule has 0 N–H and O–H groups in total. The van der Waals surface area contributed by atoms with Gasteiger partial charge >= 0.3 is 18.3 Å². The summed E-state index contributed by atoms with van der Waals surface area (Å²) in [6.45, 7) is 1.44. The van der Waals surface area contributed by atoms with Crippen LogP contribution in [0.4, 0.5) is 26.3 Å². The number of aromatic nitrogens is 2. The Bertz CT molecular complexity index is 1360. The quantitative estimate of drug-likeness (QED) is 0.256. The number of carbonyl (C=O) groups excluding carboxylic acids is 1. The number of alkyl halides is 6. The van der Waals surface area contributed by atoms with Crippen molar-refractivity contribution in [1.82, 2.24) is 9.55 Å². The molecule has 0 unspecified atom stereocenters. The van der Waals surface area contributed by atoms with E-state index < -0.39 is 29.4 Å². The van der Waals surface area contributed by atoms with Gasteiger partial charge in [-0.25, -0.2) is 9.78 Å². The zero-order chi connectivity index (χ0) is 24.0. The molecule has 0 spiro atoms. The Hall–Kier alpha value is -3.56. The van der Waals surface area contributed by atoms with E-state index in [1.807, 2.05) is 0 Å². The summed E-state index contributed by atoms with van der Waals surface area (Å²) < 4.78 is 86.5. The molecule has 4 rings (SSSR count). The van der Waals surface area contributed by atoms with E-state index in [-0.39, 0.29) is 30.5 Å². The molecule has 0 aliphatic heterocycles. The number of carbonyl (C=O) groups is 1. The van der Waals surface area contributed by atoms with Crippen LogP contribution >= 0.6 is 0 Å². The lowest BCUT2D eigenvalue weighted by molar-refractivity contribution is -0.143. The zero-order valence-electron chi connectivity index (χ0n) is 17.1. The Morgan fingerprint density at radius 3 is 2.33 bits per heavy atom. The van der Waals surface area contributed by atoms with Crippen LogP contribution in [0.3, 0.4) is 0 Å². The first-order valence-electron chi connectivity index (χ1n) is 9.82. The van der Waals surface area contributed by atoms with Crippen LogP contribution in [0.2, 0.25) is 0 Å². The fourth-order valence-electron chi connectivity index (χ4n) is 3.76. The molecule has 0 aliphatic carbocycles. The van der Waals surface area contributed by atoms with Gasteiger partial charge in [0.2, 0.25) is 0 Å². The summed E-state index contributed by atoms with van der Waals surface area (Å²) in [7, 11) is 0. The number of hydrogen-bond donors (Lipinski definition) is 0. The maximum atomic E-state index is 13.6. The minimum Gasteiger partial charge on any atom is -0.461 e. The van der Waals surface area contributed by atoms with Gasteiger partial charge in [-0.2, -0.15) is 26.3 Å². The highest BCUT2D eigenvalue weighted by Crippen LogP contribution is 2.38. The van der Waals surface area contributed by atoms with E-state index in [9.17, 15) is 31.1 Å². The van der Waals surface area contributed by atoms with Crippen molar-refractivity contribution in [3.8, 4) is 0 Å². The molecule has 2 aromatic carbocycles. The number of ether oxygens (including phenoxy) is 1. The number of nitrogens with zero attached hydrogens (tertiary/aromatic N) is 2. The highest BCUT2D eigenvalue weighted by atomic mass is 19.4. The highest BCUT2D eigenvalue weighted by molar-refractivity contribution is 6.09. The van der Waals surface area contributed by atoms with E-state index in [4.69, 9.17) is 4.74 Å². The molecule has 0 fully saturated rings. The Morgan fingerprint density at radius 1 is 0.939 bits per heavy atom. The SMILES string of the molecule is CCOC(=O)c1cc2c3ccccc3n(Cc3ccc(C(F)(F)F)cc3C(F)(F)F)c2cn1. The van der Waals surface area contributed by atoms with Crippen molar-refractivity contribution in [1.29, 1.82) is 0 Å².